The third-order valence-corrected chi connectivity index (χ3v) is 4.70. The van der Waals surface area contributed by atoms with Crippen molar-refractivity contribution in [1.82, 2.24) is 9.88 Å². The Morgan fingerprint density at radius 2 is 1.92 bits per heavy atom. The zero-order valence-corrected chi connectivity index (χ0v) is 15.7. The van der Waals surface area contributed by atoms with Gasteiger partial charge in [-0.25, -0.2) is 0 Å². The van der Waals surface area contributed by atoms with E-state index in [-0.39, 0.29) is 12.5 Å². The molecule has 0 unspecified atom stereocenters. The number of hydrogen-bond donors (Lipinski definition) is 1. The van der Waals surface area contributed by atoms with E-state index in [1.807, 2.05) is 53.2 Å². The summed E-state index contributed by atoms with van der Waals surface area (Å²) < 4.78 is 13.5. The molecule has 0 bridgehead atoms. The lowest BCUT2D eigenvalue weighted by atomic mass is 10.2. The molecule has 0 aliphatic heterocycles. The van der Waals surface area contributed by atoms with E-state index in [0.29, 0.717) is 18.0 Å². The maximum absolute atomic E-state index is 12.3. The topological polar surface area (TPSA) is 52.5 Å². The summed E-state index contributed by atoms with van der Waals surface area (Å²) in [5.74, 6) is 1.27. The van der Waals surface area contributed by atoms with Crippen molar-refractivity contribution in [3.05, 3.63) is 58.7 Å². The molecule has 3 aromatic rings. The lowest BCUT2D eigenvalue weighted by Gasteiger charge is -2.11. The minimum Gasteiger partial charge on any atom is -0.493 e. The number of carbonyl (C=O) groups is 1. The Hall–Kier alpha value is -2.47. The van der Waals surface area contributed by atoms with Crippen molar-refractivity contribution in [2.45, 2.75) is 13.1 Å². The fourth-order valence-electron chi connectivity index (χ4n) is 2.73. The molecule has 1 heterocycles. The van der Waals surface area contributed by atoms with Gasteiger partial charge in [0.15, 0.2) is 11.5 Å². The smallest absolute Gasteiger partial charge is 0.240 e. The third kappa shape index (κ3) is 3.79. The zero-order chi connectivity index (χ0) is 17.8. The number of carbonyl (C=O) groups excluding carboxylic acids is 1. The van der Waals surface area contributed by atoms with E-state index in [2.05, 4.69) is 21.2 Å². The number of benzene rings is 2. The largest absolute Gasteiger partial charge is 0.493 e. The van der Waals surface area contributed by atoms with E-state index in [1.165, 1.54) is 0 Å². The van der Waals surface area contributed by atoms with Gasteiger partial charge in [-0.3, -0.25) is 4.79 Å². The van der Waals surface area contributed by atoms with Crippen LogP contribution in [0.2, 0.25) is 0 Å². The van der Waals surface area contributed by atoms with Crippen LogP contribution in [0.25, 0.3) is 10.9 Å². The van der Waals surface area contributed by atoms with Crippen LogP contribution in [0.4, 0.5) is 0 Å². The summed E-state index contributed by atoms with van der Waals surface area (Å²) in [4.78, 5) is 12.3. The maximum Gasteiger partial charge on any atom is 0.240 e. The Morgan fingerprint density at radius 1 is 1.12 bits per heavy atom. The first-order valence-corrected chi connectivity index (χ1v) is 8.62. The predicted molar refractivity (Wildman–Crippen MR) is 101 cm³/mol. The number of aromatic nitrogens is 1. The van der Waals surface area contributed by atoms with Gasteiger partial charge < -0.3 is 19.4 Å². The second kappa shape index (κ2) is 7.61. The third-order valence-electron chi connectivity index (χ3n) is 4.01. The van der Waals surface area contributed by atoms with Gasteiger partial charge in [0.05, 0.1) is 14.2 Å². The molecule has 6 heteroatoms. The van der Waals surface area contributed by atoms with Gasteiger partial charge >= 0.3 is 0 Å². The Balaban J connectivity index is 1.66. The number of nitrogens with one attached hydrogen (secondary N) is 1. The molecule has 0 atom stereocenters. The van der Waals surface area contributed by atoms with Crippen molar-refractivity contribution >= 4 is 32.7 Å². The van der Waals surface area contributed by atoms with Gasteiger partial charge in [-0.15, -0.1) is 0 Å². The second-order valence-electron chi connectivity index (χ2n) is 5.58. The van der Waals surface area contributed by atoms with Crippen LogP contribution < -0.4 is 14.8 Å². The van der Waals surface area contributed by atoms with Gasteiger partial charge in [-0.1, -0.05) is 28.1 Å². The van der Waals surface area contributed by atoms with Gasteiger partial charge in [0.2, 0.25) is 5.91 Å². The quantitative estimate of drug-likeness (QED) is 0.683. The van der Waals surface area contributed by atoms with Crippen LogP contribution in [-0.2, 0) is 17.9 Å². The summed E-state index contributed by atoms with van der Waals surface area (Å²) in [5, 5.41) is 4.03. The first kappa shape index (κ1) is 17.4. The number of amides is 1. The molecule has 25 heavy (non-hydrogen) atoms. The molecule has 2 aromatic carbocycles. The molecular weight excluding hydrogens is 384 g/mol. The van der Waals surface area contributed by atoms with Crippen LogP contribution in [0.15, 0.2) is 53.1 Å². The molecule has 0 saturated heterocycles. The normalized spacial score (nSPS) is 10.7. The molecule has 130 valence electrons. The monoisotopic (exact) mass is 402 g/mol. The number of hydrogen-bond acceptors (Lipinski definition) is 3. The van der Waals surface area contributed by atoms with Crippen molar-refractivity contribution in [3.63, 3.8) is 0 Å². The molecule has 0 aliphatic carbocycles. The predicted octanol–water partition coefficient (Wildman–Crippen LogP) is 3.74. The molecule has 0 fully saturated rings. The molecule has 0 spiro atoms. The Labute approximate surface area is 154 Å². The van der Waals surface area contributed by atoms with Crippen molar-refractivity contribution in [1.29, 1.82) is 0 Å². The molecule has 0 radical (unpaired) electrons. The number of ether oxygens (including phenoxy) is 2. The summed E-state index contributed by atoms with van der Waals surface area (Å²) in [6.07, 6.45) is 1.92. The summed E-state index contributed by atoms with van der Waals surface area (Å²) in [7, 11) is 3.19. The van der Waals surface area contributed by atoms with Crippen LogP contribution in [0.3, 0.4) is 0 Å². The lowest BCUT2D eigenvalue weighted by Crippen LogP contribution is -2.26. The minimum atomic E-state index is -0.0488. The first-order valence-electron chi connectivity index (χ1n) is 7.83. The van der Waals surface area contributed by atoms with E-state index in [1.54, 1.807) is 14.2 Å². The van der Waals surface area contributed by atoms with Gasteiger partial charge in [0, 0.05) is 28.1 Å². The van der Waals surface area contributed by atoms with E-state index >= 15 is 0 Å². The molecule has 0 aliphatic rings. The molecule has 0 saturated carbocycles. The van der Waals surface area contributed by atoms with Gasteiger partial charge in [-0.2, -0.15) is 0 Å². The second-order valence-corrected chi connectivity index (χ2v) is 6.44. The molecule has 1 amide bonds. The number of halogens is 1. The SMILES string of the molecule is COc1ccc(CNC(=O)Cn2ccc3c(Br)cccc32)cc1OC. The van der Waals surface area contributed by atoms with E-state index < -0.39 is 0 Å². The van der Waals surface area contributed by atoms with Crippen molar-refractivity contribution in [3.8, 4) is 11.5 Å². The molecular formula is C19H19BrN2O3. The Bertz CT molecular complexity index is 905. The summed E-state index contributed by atoms with van der Waals surface area (Å²) in [6.45, 7) is 0.704. The fraction of sp³-hybridized carbons (Fsp3) is 0.211. The van der Waals surface area contributed by atoms with Gasteiger partial charge in [-0.05, 0) is 35.9 Å². The first-order chi connectivity index (χ1) is 12.1. The highest BCUT2D eigenvalue weighted by Gasteiger charge is 2.09. The zero-order valence-electron chi connectivity index (χ0n) is 14.1. The number of fused-ring (bicyclic) bond motifs is 1. The van der Waals surface area contributed by atoms with Gasteiger partial charge in [0.1, 0.15) is 6.54 Å². The highest BCUT2D eigenvalue weighted by atomic mass is 79.9. The number of rotatable bonds is 6. The van der Waals surface area contributed by atoms with Crippen LogP contribution in [0, 0.1) is 0 Å². The summed E-state index contributed by atoms with van der Waals surface area (Å²) in [6, 6.07) is 13.6. The van der Waals surface area contributed by atoms with Crippen LogP contribution in [0.1, 0.15) is 5.56 Å². The van der Waals surface area contributed by atoms with E-state index in [4.69, 9.17) is 9.47 Å². The van der Waals surface area contributed by atoms with Crippen molar-refractivity contribution in [2.75, 3.05) is 14.2 Å². The Kier molecular flexibility index (Phi) is 5.28. The number of methoxy groups -OCH3 is 2. The maximum atomic E-state index is 12.3. The van der Waals surface area contributed by atoms with Crippen molar-refractivity contribution < 1.29 is 14.3 Å². The average Bonchev–Trinajstić information content (AvgIpc) is 3.04. The van der Waals surface area contributed by atoms with Crippen molar-refractivity contribution in [2.24, 2.45) is 0 Å². The van der Waals surface area contributed by atoms with E-state index in [9.17, 15) is 4.79 Å². The standard InChI is InChI=1S/C19H19BrN2O3/c1-24-17-7-6-13(10-18(17)25-2)11-21-19(23)12-22-9-8-14-15(20)4-3-5-16(14)22/h3-10H,11-12H2,1-2H3,(H,21,23). The van der Waals surface area contributed by atoms with Crippen LogP contribution >= 0.6 is 15.9 Å². The van der Waals surface area contributed by atoms with Gasteiger partial charge in [0.25, 0.3) is 0 Å². The van der Waals surface area contributed by atoms with E-state index in [0.717, 1.165) is 20.9 Å². The minimum absolute atomic E-state index is 0.0488. The lowest BCUT2D eigenvalue weighted by molar-refractivity contribution is -0.121. The average molecular weight is 403 g/mol. The summed E-state index contributed by atoms with van der Waals surface area (Å²) in [5.41, 5.74) is 1.97. The fourth-order valence-corrected chi connectivity index (χ4v) is 3.21. The van der Waals surface area contributed by atoms with Crippen LogP contribution in [0.5, 0.6) is 11.5 Å². The van der Waals surface area contributed by atoms with Crippen LogP contribution in [-0.4, -0.2) is 24.7 Å². The Morgan fingerprint density at radius 3 is 2.68 bits per heavy atom. The molecule has 5 nitrogen and oxygen atoms in total. The highest BCUT2D eigenvalue weighted by molar-refractivity contribution is 9.10. The molecule has 1 aromatic heterocycles. The highest BCUT2D eigenvalue weighted by Crippen LogP contribution is 2.27. The molecule has 1 N–H and O–H groups in total. The summed E-state index contributed by atoms with van der Waals surface area (Å²) >= 11 is 3.53. The number of nitrogens with zero attached hydrogens (tertiary/aromatic N) is 1. The molecule has 3 rings (SSSR count).